The first-order valence-electron chi connectivity index (χ1n) is 6.50. The number of carbonyl (C=O) groups excluding carboxylic acids is 2. The predicted octanol–water partition coefficient (Wildman–Crippen LogP) is 2.11. The van der Waals surface area contributed by atoms with Gasteiger partial charge in [0.1, 0.15) is 11.9 Å². The van der Waals surface area contributed by atoms with Crippen molar-refractivity contribution in [3.8, 4) is 5.75 Å². The Kier molecular flexibility index (Phi) is 5.01. The lowest BCUT2D eigenvalue weighted by Crippen LogP contribution is -2.37. The molecule has 114 valence electrons. The van der Waals surface area contributed by atoms with Crippen LogP contribution in [-0.2, 0) is 4.79 Å². The summed E-state index contributed by atoms with van der Waals surface area (Å²) in [6.07, 6.45) is -1.06. The number of halogens is 1. The normalized spacial score (nSPS) is 11.5. The summed E-state index contributed by atoms with van der Waals surface area (Å²) in [5.74, 6) is -1.24. The summed E-state index contributed by atoms with van der Waals surface area (Å²) in [6, 6.07) is 12.9. The molecule has 0 aromatic heterocycles. The summed E-state index contributed by atoms with van der Waals surface area (Å²) in [6.45, 7) is 1.37. The molecule has 6 heteroatoms. The van der Waals surface area contributed by atoms with Crippen molar-refractivity contribution < 1.29 is 19.4 Å². The van der Waals surface area contributed by atoms with Crippen molar-refractivity contribution in [1.29, 1.82) is 0 Å². The summed E-state index contributed by atoms with van der Waals surface area (Å²) in [5, 5.41) is 13.9. The molecule has 0 bridgehead atoms. The summed E-state index contributed by atoms with van der Waals surface area (Å²) in [4.78, 5) is 22.6. The van der Waals surface area contributed by atoms with Gasteiger partial charge in [-0.3, -0.25) is 4.79 Å². The number of benzene rings is 2. The second kappa shape index (κ2) is 6.95. The van der Waals surface area contributed by atoms with Crippen molar-refractivity contribution in [1.82, 2.24) is 0 Å². The van der Waals surface area contributed by atoms with Crippen LogP contribution >= 0.6 is 11.6 Å². The molecule has 0 fully saturated rings. The topological polar surface area (TPSA) is 78.5 Å². The van der Waals surface area contributed by atoms with E-state index in [1.54, 1.807) is 36.4 Å². The van der Waals surface area contributed by atoms with E-state index in [4.69, 9.17) is 16.3 Å². The lowest BCUT2D eigenvalue weighted by Gasteiger charge is -2.15. The van der Waals surface area contributed by atoms with Gasteiger partial charge in [-0.1, -0.05) is 11.6 Å². The molecular formula is C16H13ClNO4-. The third kappa shape index (κ3) is 4.23. The standard InChI is InChI=1S/C16H14ClNO4/c1-10(16(20)21)22-14-8-2-11(3-9-14)15(19)18-13-6-4-12(17)5-7-13/h2-10H,1H3,(H,18,19)(H,20,21)/p-1/t10-/m0/s1. The average molecular weight is 319 g/mol. The first kappa shape index (κ1) is 15.9. The molecule has 2 rings (SSSR count). The van der Waals surface area contributed by atoms with E-state index in [1.807, 2.05) is 0 Å². The Bertz CT molecular complexity index is 668. The molecule has 1 N–H and O–H groups in total. The highest BCUT2D eigenvalue weighted by atomic mass is 35.5. The number of carboxylic acids is 1. The van der Waals surface area contributed by atoms with Gasteiger partial charge in [0, 0.05) is 16.3 Å². The van der Waals surface area contributed by atoms with Crippen LogP contribution in [0.2, 0.25) is 5.02 Å². The molecule has 0 radical (unpaired) electrons. The van der Waals surface area contributed by atoms with Gasteiger partial charge < -0.3 is 20.0 Å². The van der Waals surface area contributed by atoms with E-state index in [1.165, 1.54) is 19.1 Å². The number of ether oxygens (including phenoxy) is 1. The third-order valence-electron chi connectivity index (χ3n) is 2.86. The summed E-state index contributed by atoms with van der Waals surface area (Å²) in [7, 11) is 0. The van der Waals surface area contributed by atoms with E-state index in [2.05, 4.69) is 5.32 Å². The SMILES string of the molecule is C[C@H](Oc1ccc(C(=O)Nc2ccc(Cl)cc2)cc1)C(=O)[O-]. The fraction of sp³-hybridized carbons (Fsp3) is 0.125. The van der Waals surface area contributed by atoms with Gasteiger partial charge in [-0.2, -0.15) is 0 Å². The summed E-state index contributed by atoms with van der Waals surface area (Å²) < 4.78 is 5.13. The number of anilines is 1. The molecule has 0 aliphatic carbocycles. The molecule has 0 aliphatic heterocycles. The number of nitrogens with one attached hydrogen (secondary N) is 1. The molecule has 1 amide bonds. The molecule has 0 spiro atoms. The van der Waals surface area contributed by atoms with E-state index in [0.717, 1.165) is 0 Å². The van der Waals surface area contributed by atoms with Crippen LogP contribution in [0.25, 0.3) is 0 Å². The van der Waals surface area contributed by atoms with Crippen LogP contribution in [0.1, 0.15) is 17.3 Å². The minimum Gasteiger partial charge on any atom is -0.546 e. The van der Waals surface area contributed by atoms with Gasteiger partial charge in [0.2, 0.25) is 0 Å². The number of carboxylic acid groups (broad SMARTS) is 1. The molecule has 0 saturated carbocycles. The molecule has 2 aromatic carbocycles. The van der Waals surface area contributed by atoms with Crippen molar-refractivity contribution in [2.75, 3.05) is 5.32 Å². The van der Waals surface area contributed by atoms with Gasteiger partial charge in [-0.15, -0.1) is 0 Å². The van der Waals surface area contributed by atoms with Crippen LogP contribution < -0.4 is 15.2 Å². The van der Waals surface area contributed by atoms with Crippen molar-refractivity contribution in [3.63, 3.8) is 0 Å². The van der Waals surface area contributed by atoms with Gasteiger partial charge in [0.05, 0.1) is 5.97 Å². The van der Waals surface area contributed by atoms with Gasteiger partial charge in [0.25, 0.3) is 5.91 Å². The van der Waals surface area contributed by atoms with Crippen LogP contribution in [0.15, 0.2) is 48.5 Å². The Labute approximate surface area is 132 Å². The minimum atomic E-state index is -1.30. The smallest absolute Gasteiger partial charge is 0.255 e. The van der Waals surface area contributed by atoms with Crippen molar-refractivity contribution in [2.45, 2.75) is 13.0 Å². The number of rotatable bonds is 5. The fourth-order valence-electron chi connectivity index (χ4n) is 1.67. The maximum Gasteiger partial charge on any atom is 0.255 e. The van der Waals surface area contributed by atoms with Crippen molar-refractivity contribution in [2.24, 2.45) is 0 Å². The molecule has 5 nitrogen and oxygen atoms in total. The zero-order valence-corrected chi connectivity index (χ0v) is 12.5. The molecule has 0 aliphatic rings. The number of aliphatic carboxylic acids is 1. The van der Waals surface area contributed by atoms with Crippen LogP contribution in [0, 0.1) is 0 Å². The molecule has 1 atom stereocenters. The lowest BCUT2D eigenvalue weighted by atomic mass is 10.2. The Balaban J connectivity index is 2.01. The zero-order chi connectivity index (χ0) is 16.1. The highest BCUT2D eigenvalue weighted by molar-refractivity contribution is 6.30. The minimum absolute atomic E-state index is 0.290. The van der Waals surface area contributed by atoms with E-state index in [9.17, 15) is 14.7 Å². The number of hydrogen-bond donors (Lipinski definition) is 1. The second-order valence-corrected chi connectivity index (χ2v) is 5.00. The van der Waals surface area contributed by atoms with Crippen LogP contribution in [-0.4, -0.2) is 18.0 Å². The number of hydrogen-bond acceptors (Lipinski definition) is 4. The predicted molar refractivity (Wildman–Crippen MR) is 80.9 cm³/mol. The summed E-state index contributed by atoms with van der Waals surface area (Å²) in [5.41, 5.74) is 1.05. The second-order valence-electron chi connectivity index (χ2n) is 4.56. The first-order valence-corrected chi connectivity index (χ1v) is 6.88. The van der Waals surface area contributed by atoms with Crippen molar-refractivity contribution >= 4 is 29.2 Å². The Morgan fingerprint density at radius 3 is 2.23 bits per heavy atom. The van der Waals surface area contributed by atoms with Crippen LogP contribution in [0.4, 0.5) is 5.69 Å². The lowest BCUT2D eigenvalue weighted by molar-refractivity contribution is -0.312. The van der Waals surface area contributed by atoms with E-state index >= 15 is 0 Å². The largest absolute Gasteiger partial charge is 0.546 e. The highest BCUT2D eigenvalue weighted by Gasteiger charge is 2.08. The van der Waals surface area contributed by atoms with Gasteiger partial charge in [-0.05, 0) is 55.5 Å². The third-order valence-corrected chi connectivity index (χ3v) is 3.12. The Hall–Kier alpha value is -2.53. The fourth-order valence-corrected chi connectivity index (χ4v) is 1.80. The monoisotopic (exact) mass is 318 g/mol. The number of amides is 1. The molecule has 0 heterocycles. The van der Waals surface area contributed by atoms with E-state index < -0.39 is 12.1 Å². The zero-order valence-electron chi connectivity index (χ0n) is 11.7. The first-order chi connectivity index (χ1) is 10.5. The average Bonchev–Trinajstić information content (AvgIpc) is 2.50. The number of carbonyl (C=O) groups is 2. The van der Waals surface area contributed by atoms with E-state index in [-0.39, 0.29) is 5.91 Å². The quantitative estimate of drug-likeness (QED) is 0.915. The van der Waals surface area contributed by atoms with Crippen LogP contribution in [0.3, 0.4) is 0 Å². The van der Waals surface area contributed by atoms with Crippen molar-refractivity contribution in [3.05, 3.63) is 59.1 Å². The van der Waals surface area contributed by atoms with Crippen LogP contribution in [0.5, 0.6) is 5.75 Å². The molecule has 22 heavy (non-hydrogen) atoms. The maximum absolute atomic E-state index is 12.1. The Morgan fingerprint density at radius 1 is 1.09 bits per heavy atom. The van der Waals surface area contributed by atoms with Gasteiger partial charge in [0.15, 0.2) is 0 Å². The Morgan fingerprint density at radius 2 is 1.68 bits per heavy atom. The summed E-state index contributed by atoms with van der Waals surface area (Å²) >= 11 is 5.77. The molecule has 0 saturated heterocycles. The highest BCUT2D eigenvalue weighted by Crippen LogP contribution is 2.17. The maximum atomic E-state index is 12.1. The molecule has 2 aromatic rings. The van der Waals surface area contributed by atoms with E-state index in [0.29, 0.717) is 22.0 Å². The van der Waals surface area contributed by atoms with Gasteiger partial charge in [-0.25, -0.2) is 0 Å². The molecule has 0 unspecified atom stereocenters. The van der Waals surface area contributed by atoms with Gasteiger partial charge >= 0.3 is 0 Å². The molecular weight excluding hydrogens is 306 g/mol.